The molecule has 0 fully saturated rings. The van der Waals surface area contributed by atoms with Crippen LogP contribution in [0.5, 0.6) is 17.2 Å². The molecule has 0 atom stereocenters. The van der Waals surface area contributed by atoms with E-state index in [0.717, 1.165) is 16.7 Å². The number of benzene rings is 5. The van der Waals surface area contributed by atoms with E-state index in [0.29, 0.717) is 54.9 Å². The average Bonchev–Trinajstić information content (AvgIpc) is 3.45. The summed E-state index contributed by atoms with van der Waals surface area (Å²) in [6, 6.07) is 37.9. The van der Waals surface area contributed by atoms with E-state index in [1.54, 1.807) is 48.5 Å². The van der Waals surface area contributed by atoms with Crippen LogP contribution in [-0.4, -0.2) is 45.0 Å². The van der Waals surface area contributed by atoms with E-state index in [1.807, 2.05) is 48.5 Å². The van der Waals surface area contributed by atoms with Crippen molar-refractivity contribution in [2.45, 2.75) is 12.5 Å². The third-order valence-electron chi connectivity index (χ3n) is 7.94. The molecule has 0 aliphatic heterocycles. The van der Waals surface area contributed by atoms with Crippen molar-refractivity contribution >= 4 is 17.7 Å². The van der Waals surface area contributed by atoms with Gasteiger partial charge in [-0.3, -0.25) is 4.79 Å². The zero-order valence-corrected chi connectivity index (χ0v) is 26.4. The zero-order valence-electron chi connectivity index (χ0n) is 26.4. The molecule has 0 bridgehead atoms. The van der Waals surface area contributed by atoms with E-state index in [4.69, 9.17) is 24.7 Å². The molecule has 9 heteroatoms. The number of hydrogen-bond acceptors (Lipinski definition) is 7. The number of amides is 2. The smallest absolute Gasteiger partial charge is 0.407 e. The van der Waals surface area contributed by atoms with Gasteiger partial charge in [-0.1, -0.05) is 72.8 Å². The second-order valence-electron chi connectivity index (χ2n) is 11.1. The van der Waals surface area contributed by atoms with E-state index >= 15 is 0 Å². The van der Waals surface area contributed by atoms with Gasteiger partial charge in [0.05, 0.1) is 18.9 Å². The summed E-state index contributed by atoms with van der Waals surface area (Å²) in [4.78, 5) is 25.7. The van der Waals surface area contributed by atoms with Gasteiger partial charge in [0.25, 0.3) is 5.91 Å². The largest absolute Gasteiger partial charge is 0.491 e. The van der Waals surface area contributed by atoms with Crippen LogP contribution in [0.2, 0.25) is 0 Å². The Bertz CT molecular complexity index is 1800. The van der Waals surface area contributed by atoms with Gasteiger partial charge < -0.3 is 35.3 Å². The second kappa shape index (κ2) is 15.8. The number of carbonyl (C=O) groups excluding carboxylic acids is 2. The van der Waals surface area contributed by atoms with E-state index in [-0.39, 0.29) is 25.0 Å². The first-order chi connectivity index (χ1) is 23.6. The summed E-state index contributed by atoms with van der Waals surface area (Å²) in [7, 11) is 0. The molecule has 5 aromatic carbocycles. The van der Waals surface area contributed by atoms with E-state index in [9.17, 15) is 9.59 Å². The summed E-state index contributed by atoms with van der Waals surface area (Å²) in [6.07, 6.45) is -0.495. The number of para-hydroxylation sites is 2. The number of hydrogen-bond donors (Lipinski definition) is 3. The van der Waals surface area contributed by atoms with Crippen LogP contribution in [0.4, 0.5) is 10.5 Å². The fourth-order valence-electron chi connectivity index (χ4n) is 5.59. The van der Waals surface area contributed by atoms with Crippen LogP contribution >= 0.6 is 0 Å². The van der Waals surface area contributed by atoms with Gasteiger partial charge in [0, 0.05) is 24.6 Å². The van der Waals surface area contributed by atoms with Gasteiger partial charge in [-0.2, -0.15) is 0 Å². The summed E-state index contributed by atoms with van der Waals surface area (Å²) in [5, 5.41) is 5.74. The number of fused-ring (bicyclic) bond motifs is 3. The van der Waals surface area contributed by atoms with Crippen LogP contribution in [0.25, 0.3) is 11.1 Å². The highest BCUT2D eigenvalue weighted by Gasteiger charge is 2.29. The maximum absolute atomic E-state index is 13.1. The van der Waals surface area contributed by atoms with Crippen molar-refractivity contribution in [1.82, 2.24) is 5.32 Å². The van der Waals surface area contributed by atoms with Gasteiger partial charge in [0.2, 0.25) is 0 Å². The molecule has 0 saturated carbocycles. The van der Waals surface area contributed by atoms with E-state index in [1.165, 1.54) is 11.1 Å². The Kier molecular flexibility index (Phi) is 10.6. The third-order valence-corrected chi connectivity index (χ3v) is 7.94. The van der Waals surface area contributed by atoms with Crippen molar-refractivity contribution < 1.29 is 28.5 Å². The molecule has 0 saturated heterocycles. The molecule has 0 unspecified atom stereocenters. The molecule has 9 nitrogen and oxygen atoms in total. The van der Waals surface area contributed by atoms with Crippen LogP contribution < -0.4 is 25.8 Å². The van der Waals surface area contributed by atoms with Crippen LogP contribution in [-0.2, 0) is 16.0 Å². The maximum atomic E-state index is 13.1. The van der Waals surface area contributed by atoms with Crippen LogP contribution in [0.3, 0.4) is 0 Å². The van der Waals surface area contributed by atoms with Gasteiger partial charge in [-0.15, -0.1) is 0 Å². The average molecular weight is 644 g/mol. The Morgan fingerprint density at radius 1 is 0.688 bits per heavy atom. The molecular weight excluding hydrogens is 606 g/mol. The van der Waals surface area contributed by atoms with Gasteiger partial charge in [0.1, 0.15) is 24.7 Å². The van der Waals surface area contributed by atoms with E-state index < -0.39 is 6.09 Å². The highest BCUT2D eigenvalue weighted by Crippen LogP contribution is 2.44. The number of alkyl carbamates (subject to hydrolysis) is 1. The molecule has 6 rings (SSSR count). The monoisotopic (exact) mass is 643 g/mol. The van der Waals surface area contributed by atoms with Crippen molar-refractivity contribution in [3.05, 3.63) is 144 Å². The summed E-state index contributed by atoms with van der Waals surface area (Å²) in [5.74, 6) is 1.49. The molecule has 1 aliphatic rings. The molecule has 4 N–H and O–H groups in total. The molecule has 0 radical (unpaired) electrons. The minimum Gasteiger partial charge on any atom is -0.491 e. The van der Waals surface area contributed by atoms with Crippen molar-refractivity contribution in [2.24, 2.45) is 5.73 Å². The SMILES string of the molecule is NCCOCCOc1ccc(Oc2ccccc2NC(=O)c2ccc(CNC(=O)OCC3c4ccccc4-c4ccccc43)cc2)cc1. The minimum atomic E-state index is -0.495. The van der Waals surface area contributed by atoms with Crippen molar-refractivity contribution in [3.63, 3.8) is 0 Å². The van der Waals surface area contributed by atoms with Crippen LogP contribution in [0.1, 0.15) is 33.0 Å². The number of rotatable bonds is 14. The predicted octanol–water partition coefficient (Wildman–Crippen LogP) is 7.12. The third kappa shape index (κ3) is 8.01. The second-order valence-corrected chi connectivity index (χ2v) is 11.1. The Morgan fingerprint density at radius 3 is 2.04 bits per heavy atom. The molecule has 2 amide bonds. The number of anilines is 1. The lowest BCUT2D eigenvalue weighted by molar-refractivity contribution is 0.102. The number of nitrogens with one attached hydrogen (secondary N) is 2. The van der Waals surface area contributed by atoms with Crippen molar-refractivity contribution in [2.75, 3.05) is 38.3 Å². The predicted molar refractivity (Wildman–Crippen MR) is 185 cm³/mol. The molecule has 5 aromatic rings. The molecule has 244 valence electrons. The quantitative estimate of drug-likeness (QED) is 0.110. The fourth-order valence-corrected chi connectivity index (χ4v) is 5.59. The number of carbonyl (C=O) groups is 2. The Labute approximate surface area is 279 Å². The summed E-state index contributed by atoms with van der Waals surface area (Å²) in [6.45, 7) is 2.37. The summed E-state index contributed by atoms with van der Waals surface area (Å²) in [5.41, 5.74) is 11.9. The Balaban J connectivity index is 0.981. The van der Waals surface area contributed by atoms with Gasteiger partial charge in [-0.05, 0) is 76.3 Å². The lowest BCUT2D eigenvalue weighted by Gasteiger charge is -2.15. The van der Waals surface area contributed by atoms with Crippen LogP contribution in [0, 0.1) is 0 Å². The lowest BCUT2D eigenvalue weighted by Crippen LogP contribution is -2.25. The topological polar surface area (TPSA) is 121 Å². The Morgan fingerprint density at radius 2 is 1.33 bits per heavy atom. The first-order valence-corrected chi connectivity index (χ1v) is 15.9. The lowest BCUT2D eigenvalue weighted by atomic mass is 9.98. The summed E-state index contributed by atoms with van der Waals surface area (Å²) >= 11 is 0. The molecule has 0 aromatic heterocycles. The van der Waals surface area contributed by atoms with Gasteiger partial charge in [-0.25, -0.2) is 4.79 Å². The number of nitrogens with two attached hydrogens (primary N) is 1. The molecule has 48 heavy (non-hydrogen) atoms. The van der Waals surface area contributed by atoms with Crippen molar-refractivity contribution in [3.8, 4) is 28.4 Å². The van der Waals surface area contributed by atoms with Crippen LogP contribution in [0.15, 0.2) is 121 Å². The van der Waals surface area contributed by atoms with E-state index in [2.05, 4.69) is 34.9 Å². The van der Waals surface area contributed by atoms with Crippen molar-refractivity contribution in [1.29, 1.82) is 0 Å². The van der Waals surface area contributed by atoms with Gasteiger partial charge >= 0.3 is 6.09 Å². The van der Waals surface area contributed by atoms with Gasteiger partial charge in [0.15, 0.2) is 5.75 Å². The first-order valence-electron chi connectivity index (χ1n) is 15.9. The number of ether oxygens (including phenoxy) is 4. The zero-order chi connectivity index (χ0) is 33.1. The minimum absolute atomic E-state index is 0.00532. The Hall–Kier alpha value is -5.64. The highest BCUT2D eigenvalue weighted by molar-refractivity contribution is 6.05. The molecular formula is C39H37N3O6. The molecule has 0 heterocycles. The molecule has 0 spiro atoms. The fraction of sp³-hybridized carbons (Fsp3) is 0.179. The standard InChI is InChI=1S/C39H37N3O6/c40-21-22-45-23-24-46-29-17-19-30(20-18-29)48-37-12-6-5-11-36(37)42-38(43)28-15-13-27(14-16-28)25-41-39(44)47-26-35-33-9-3-1-7-31(33)32-8-2-4-10-34(32)35/h1-20,35H,21-26,40H2,(H,41,44)(H,42,43). The normalized spacial score (nSPS) is 11.7. The first kappa shape index (κ1) is 32.3. The summed E-state index contributed by atoms with van der Waals surface area (Å²) < 4.78 is 22.7. The molecule has 1 aliphatic carbocycles. The highest BCUT2D eigenvalue weighted by atomic mass is 16.5. The maximum Gasteiger partial charge on any atom is 0.407 e.